The summed E-state index contributed by atoms with van der Waals surface area (Å²) in [6, 6.07) is 3.52. The topological polar surface area (TPSA) is 94.9 Å². The van der Waals surface area contributed by atoms with E-state index in [9.17, 15) is 15.0 Å². The van der Waals surface area contributed by atoms with Crippen LogP contribution in [0.4, 0.5) is 0 Å². The number of thiazole rings is 1. The number of amides is 1. The second kappa shape index (κ2) is 6.46. The molecule has 168 valence electrons. The Morgan fingerprint density at radius 1 is 1.31 bits per heavy atom. The normalized spacial score (nSPS) is 37.0. The Bertz CT molecular complexity index is 1100. The molecule has 7 nitrogen and oxygen atoms in total. The van der Waals surface area contributed by atoms with Crippen LogP contribution in [0.25, 0.3) is 0 Å². The molecule has 1 saturated heterocycles. The van der Waals surface area contributed by atoms with Crippen LogP contribution in [-0.4, -0.2) is 62.9 Å². The number of phenols is 1. The average molecular weight is 454 g/mol. The van der Waals surface area contributed by atoms with E-state index >= 15 is 0 Å². The van der Waals surface area contributed by atoms with Crippen LogP contribution < -0.4 is 10.1 Å². The van der Waals surface area contributed by atoms with Crippen LogP contribution >= 0.6 is 11.3 Å². The summed E-state index contributed by atoms with van der Waals surface area (Å²) < 4.78 is 6.47. The minimum Gasteiger partial charge on any atom is -0.504 e. The number of ether oxygens (including phenoxy) is 1. The standard InChI is InChI=1S/C24H27N3O4S/c28-16-4-3-14-11-17-24(30)6-5-15(26-21(29)22-25-8-10-32-22)20-23(24,18(14)19(16)31-20)7-9-27(17)12-13-1-2-13/h3-4,8,10,13,15,17,20,28,30H,1-2,5-7,9,11-12H2,(H,26,29)/t15-,17+,20-,23-,24+/m0/s1. The molecule has 1 amide bonds. The summed E-state index contributed by atoms with van der Waals surface area (Å²) in [5, 5.41) is 28.5. The maximum absolute atomic E-state index is 12.9. The highest BCUT2D eigenvalue weighted by molar-refractivity contribution is 7.11. The number of nitrogens with one attached hydrogen (secondary N) is 1. The molecule has 2 bridgehead atoms. The Morgan fingerprint density at radius 2 is 2.19 bits per heavy atom. The molecule has 5 aliphatic rings. The Labute approximate surface area is 190 Å². The van der Waals surface area contributed by atoms with Crippen molar-refractivity contribution in [1.29, 1.82) is 0 Å². The lowest BCUT2D eigenvalue weighted by Gasteiger charge is -2.64. The Kier molecular flexibility index (Phi) is 3.90. The molecule has 5 atom stereocenters. The van der Waals surface area contributed by atoms with E-state index in [0.29, 0.717) is 23.6 Å². The number of carbonyl (C=O) groups is 1. The van der Waals surface area contributed by atoms with Crippen LogP contribution in [0.1, 0.15) is 53.0 Å². The van der Waals surface area contributed by atoms with Gasteiger partial charge in [-0.2, -0.15) is 0 Å². The fraction of sp³-hybridized carbons (Fsp3) is 0.583. The van der Waals surface area contributed by atoms with Gasteiger partial charge in [0.25, 0.3) is 5.91 Å². The molecule has 3 fully saturated rings. The number of aromatic nitrogens is 1. The molecule has 2 aliphatic heterocycles. The molecule has 3 N–H and O–H groups in total. The Hall–Kier alpha value is -2.16. The van der Waals surface area contributed by atoms with Crippen LogP contribution in [0, 0.1) is 5.92 Å². The molecule has 3 aliphatic carbocycles. The third-order valence-electron chi connectivity index (χ3n) is 8.71. The lowest BCUT2D eigenvalue weighted by atomic mass is 9.48. The first-order valence-corrected chi connectivity index (χ1v) is 12.6. The Balaban J connectivity index is 1.32. The monoisotopic (exact) mass is 453 g/mol. The van der Waals surface area contributed by atoms with Gasteiger partial charge in [-0.1, -0.05) is 6.07 Å². The van der Waals surface area contributed by atoms with E-state index in [4.69, 9.17) is 4.74 Å². The first-order chi connectivity index (χ1) is 15.5. The molecule has 1 spiro atoms. The maximum atomic E-state index is 12.9. The lowest BCUT2D eigenvalue weighted by molar-refractivity contribution is -0.191. The van der Waals surface area contributed by atoms with Crippen molar-refractivity contribution < 1.29 is 19.7 Å². The van der Waals surface area contributed by atoms with E-state index in [1.807, 2.05) is 6.07 Å². The number of likely N-dealkylation sites (tertiary alicyclic amines) is 1. The lowest BCUT2D eigenvalue weighted by Crippen LogP contribution is -2.78. The molecule has 2 saturated carbocycles. The van der Waals surface area contributed by atoms with E-state index in [-0.39, 0.29) is 23.7 Å². The van der Waals surface area contributed by atoms with Crippen LogP contribution in [0.2, 0.25) is 0 Å². The van der Waals surface area contributed by atoms with Gasteiger partial charge in [0.2, 0.25) is 0 Å². The molecule has 3 heterocycles. The molecule has 32 heavy (non-hydrogen) atoms. The number of benzene rings is 1. The number of hydrogen-bond donors (Lipinski definition) is 3. The summed E-state index contributed by atoms with van der Waals surface area (Å²) in [6.45, 7) is 1.96. The van der Waals surface area contributed by atoms with Gasteiger partial charge in [-0.05, 0) is 62.6 Å². The van der Waals surface area contributed by atoms with Crippen molar-refractivity contribution in [3.05, 3.63) is 39.8 Å². The van der Waals surface area contributed by atoms with E-state index in [2.05, 4.69) is 15.2 Å². The van der Waals surface area contributed by atoms with Crippen LogP contribution in [0.5, 0.6) is 11.5 Å². The molecule has 0 unspecified atom stereocenters. The number of carbonyl (C=O) groups excluding carboxylic acids is 1. The number of aliphatic hydroxyl groups is 1. The summed E-state index contributed by atoms with van der Waals surface area (Å²) in [4.78, 5) is 19.5. The number of piperidine rings is 1. The zero-order valence-corrected chi connectivity index (χ0v) is 18.6. The fourth-order valence-electron chi connectivity index (χ4n) is 7.20. The van der Waals surface area contributed by atoms with Gasteiger partial charge in [-0.3, -0.25) is 9.69 Å². The van der Waals surface area contributed by atoms with Crippen molar-refractivity contribution in [1.82, 2.24) is 15.2 Å². The predicted molar refractivity (Wildman–Crippen MR) is 118 cm³/mol. The maximum Gasteiger partial charge on any atom is 0.280 e. The largest absolute Gasteiger partial charge is 0.504 e. The molecular weight excluding hydrogens is 426 g/mol. The predicted octanol–water partition coefficient (Wildman–Crippen LogP) is 2.21. The number of aromatic hydroxyl groups is 1. The van der Waals surface area contributed by atoms with Gasteiger partial charge in [-0.15, -0.1) is 11.3 Å². The smallest absolute Gasteiger partial charge is 0.280 e. The van der Waals surface area contributed by atoms with E-state index < -0.39 is 17.1 Å². The highest BCUT2D eigenvalue weighted by Crippen LogP contribution is 2.65. The van der Waals surface area contributed by atoms with Crippen LogP contribution in [-0.2, 0) is 11.8 Å². The highest BCUT2D eigenvalue weighted by Gasteiger charge is 2.73. The Morgan fingerprint density at radius 3 is 2.97 bits per heavy atom. The van der Waals surface area contributed by atoms with Crippen LogP contribution in [0.3, 0.4) is 0 Å². The molecule has 8 heteroatoms. The zero-order valence-electron chi connectivity index (χ0n) is 17.8. The van der Waals surface area contributed by atoms with Crippen LogP contribution in [0.15, 0.2) is 23.7 Å². The molecule has 2 aromatic rings. The van der Waals surface area contributed by atoms with Gasteiger partial charge in [0.15, 0.2) is 16.5 Å². The summed E-state index contributed by atoms with van der Waals surface area (Å²) >= 11 is 1.32. The van der Waals surface area contributed by atoms with E-state index in [1.54, 1.807) is 17.6 Å². The van der Waals surface area contributed by atoms with Crippen molar-refractivity contribution in [2.75, 3.05) is 13.1 Å². The first-order valence-electron chi connectivity index (χ1n) is 11.7. The number of phenolic OH excluding ortho intramolecular Hbond substituents is 1. The van der Waals surface area contributed by atoms with Crippen molar-refractivity contribution in [3.8, 4) is 11.5 Å². The molecule has 0 radical (unpaired) electrons. The second-order valence-electron chi connectivity index (χ2n) is 10.2. The summed E-state index contributed by atoms with van der Waals surface area (Å²) in [7, 11) is 0. The van der Waals surface area contributed by atoms with Gasteiger partial charge in [0, 0.05) is 29.7 Å². The summed E-state index contributed by atoms with van der Waals surface area (Å²) in [5.41, 5.74) is 0.612. The fourth-order valence-corrected chi connectivity index (χ4v) is 7.73. The quantitative estimate of drug-likeness (QED) is 0.657. The molecule has 1 aromatic heterocycles. The third kappa shape index (κ3) is 2.38. The molecule has 7 rings (SSSR count). The van der Waals surface area contributed by atoms with Gasteiger partial charge in [0.1, 0.15) is 6.10 Å². The number of rotatable bonds is 4. The van der Waals surface area contributed by atoms with Crippen molar-refractivity contribution in [3.63, 3.8) is 0 Å². The molecular formula is C24H27N3O4S. The summed E-state index contributed by atoms with van der Waals surface area (Å²) in [5.74, 6) is 1.19. The van der Waals surface area contributed by atoms with Gasteiger partial charge in [0.05, 0.1) is 17.1 Å². The average Bonchev–Trinajstić information content (AvgIpc) is 3.27. The zero-order chi connectivity index (χ0) is 21.7. The minimum atomic E-state index is -0.931. The van der Waals surface area contributed by atoms with Gasteiger partial charge in [-0.25, -0.2) is 4.98 Å². The van der Waals surface area contributed by atoms with Crippen molar-refractivity contribution >= 4 is 17.2 Å². The van der Waals surface area contributed by atoms with Crippen molar-refractivity contribution in [2.24, 2.45) is 5.92 Å². The second-order valence-corrected chi connectivity index (χ2v) is 11.1. The highest BCUT2D eigenvalue weighted by atomic mass is 32.1. The van der Waals surface area contributed by atoms with Gasteiger partial charge < -0.3 is 20.3 Å². The minimum absolute atomic E-state index is 0.0431. The van der Waals surface area contributed by atoms with Gasteiger partial charge >= 0.3 is 0 Å². The third-order valence-corrected chi connectivity index (χ3v) is 9.48. The SMILES string of the molecule is O=C(N[C@H]1CC[C@@]2(O)[C@H]3Cc4ccc(O)c5c4[C@@]2(CCN3CC2CC2)[C@H]1O5)c1nccs1. The van der Waals surface area contributed by atoms with E-state index in [1.165, 1.54) is 29.7 Å². The first kappa shape index (κ1) is 19.3. The summed E-state index contributed by atoms with van der Waals surface area (Å²) in [6.07, 6.45) is 6.60. The van der Waals surface area contributed by atoms with Crippen molar-refractivity contribution in [2.45, 2.75) is 67.7 Å². The number of hydrogen-bond acceptors (Lipinski definition) is 7. The van der Waals surface area contributed by atoms with E-state index in [0.717, 1.165) is 37.4 Å². The molecule has 1 aromatic carbocycles. The number of nitrogens with zero attached hydrogens (tertiary/aromatic N) is 2.